The maximum atomic E-state index is 13.4. The number of amides is 2. The molecule has 0 unspecified atom stereocenters. The molecule has 2 aromatic heterocycles. The van der Waals surface area contributed by atoms with Gasteiger partial charge in [0.05, 0.1) is 11.0 Å². The molecule has 0 saturated heterocycles. The first-order valence-electron chi connectivity index (χ1n) is 7.92. The van der Waals surface area contributed by atoms with Crippen LogP contribution in [-0.4, -0.2) is 26.8 Å². The normalized spacial score (nSPS) is 10.9. The molecule has 0 aliphatic carbocycles. The largest absolute Gasteiger partial charge is 0.366 e. The molecule has 2 aromatic carbocycles. The number of benzene rings is 2. The summed E-state index contributed by atoms with van der Waals surface area (Å²) in [7, 11) is 0. The van der Waals surface area contributed by atoms with Crippen LogP contribution in [0.4, 0.5) is 14.7 Å². The van der Waals surface area contributed by atoms with Crippen molar-refractivity contribution in [1.82, 2.24) is 15.0 Å². The molecule has 0 aliphatic heterocycles. The smallest absolute Gasteiger partial charge is 0.277 e. The number of thiazole rings is 1. The third-order valence-electron chi connectivity index (χ3n) is 3.90. The van der Waals surface area contributed by atoms with Crippen molar-refractivity contribution in [2.75, 3.05) is 5.32 Å². The second kappa shape index (κ2) is 6.82. The molecular weight excluding hydrogens is 388 g/mol. The van der Waals surface area contributed by atoms with Crippen LogP contribution in [0.5, 0.6) is 0 Å². The summed E-state index contributed by atoms with van der Waals surface area (Å²) in [6.45, 7) is 0. The molecule has 7 nitrogen and oxygen atoms in total. The van der Waals surface area contributed by atoms with Crippen molar-refractivity contribution >= 4 is 40.1 Å². The molecule has 4 rings (SSSR count). The number of halogens is 2. The molecule has 28 heavy (non-hydrogen) atoms. The summed E-state index contributed by atoms with van der Waals surface area (Å²) in [4.78, 5) is 34.9. The van der Waals surface area contributed by atoms with Gasteiger partial charge in [0.25, 0.3) is 5.91 Å². The molecule has 0 atom stereocenters. The molecular formula is C18H11F2N5O2S. The molecule has 2 heterocycles. The Morgan fingerprint density at radius 3 is 2.64 bits per heavy atom. The molecule has 0 radical (unpaired) electrons. The highest BCUT2D eigenvalue weighted by Gasteiger charge is 2.15. The van der Waals surface area contributed by atoms with E-state index in [0.29, 0.717) is 27.2 Å². The third kappa shape index (κ3) is 3.32. The number of carbonyl (C=O) groups is 2. The molecule has 140 valence electrons. The average Bonchev–Trinajstić information content (AvgIpc) is 3.29. The number of anilines is 1. The number of nitrogens with two attached hydrogens (primary N) is 1. The van der Waals surface area contributed by atoms with Gasteiger partial charge in [-0.25, -0.2) is 18.7 Å². The number of fused-ring (bicyclic) bond motifs is 1. The lowest BCUT2D eigenvalue weighted by molar-refractivity contribution is 0.0997. The van der Waals surface area contributed by atoms with Gasteiger partial charge in [-0.05, 0) is 36.4 Å². The molecule has 4 aromatic rings. The fourth-order valence-corrected chi connectivity index (χ4v) is 3.33. The zero-order valence-electron chi connectivity index (χ0n) is 14.0. The van der Waals surface area contributed by atoms with E-state index in [9.17, 15) is 18.4 Å². The van der Waals surface area contributed by atoms with E-state index < -0.39 is 23.4 Å². The summed E-state index contributed by atoms with van der Waals surface area (Å²) < 4.78 is 26.4. The fourth-order valence-electron chi connectivity index (χ4n) is 2.53. The Morgan fingerprint density at radius 2 is 1.89 bits per heavy atom. The summed E-state index contributed by atoms with van der Waals surface area (Å²) in [5, 5.41) is 4.44. The number of aromatic nitrogens is 3. The summed E-state index contributed by atoms with van der Waals surface area (Å²) >= 11 is 1.12. The number of hydrogen-bond donors (Lipinski definition) is 3. The van der Waals surface area contributed by atoms with Gasteiger partial charge in [-0.15, -0.1) is 11.3 Å². The first-order chi connectivity index (χ1) is 13.4. The topological polar surface area (TPSA) is 114 Å². The average molecular weight is 399 g/mol. The molecule has 0 saturated carbocycles. The standard InChI is InChI=1S/C18H11F2N5O2S/c19-10-3-1-9(5-11(10)20)17-22-14(7-28-17)16(27)25-18-23-12-4-2-8(15(21)26)6-13(12)24-18/h1-7H,(H2,21,26)(H2,23,24,25,27). The van der Waals surface area contributed by atoms with Gasteiger partial charge in [0.15, 0.2) is 11.6 Å². The van der Waals surface area contributed by atoms with Crippen LogP contribution in [0.25, 0.3) is 21.6 Å². The van der Waals surface area contributed by atoms with Gasteiger partial charge in [-0.3, -0.25) is 14.9 Å². The van der Waals surface area contributed by atoms with Crippen molar-refractivity contribution in [1.29, 1.82) is 0 Å². The van der Waals surface area contributed by atoms with Crippen LogP contribution in [-0.2, 0) is 0 Å². The summed E-state index contributed by atoms with van der Waals surface area (Å²) in [5.41, 5.74) is 7.10. The Kier molecular flexibility index (Phi) is 4.32. The first-order valence-corrected chi connectivity index (χ1v) is 8.80. The first kappa shape index (κ1) is 17.7. The summed E-state index contributed by atoms with van der Waals surface area (Å²) in [5.74, 6) is -2.88. The van der Waals surface area contributed by atoms with E-state index in [1.54, 1.807) is 6.07 Å². The maximum Gasteiger partial charge on any atom is 0.277 e. The number of nitrogens with zero attached hydrogens (tertiary/aromatic N) is 2. The van der Waals surface area contributed by atoms with E-state index in [4.69, 9.17) is 5.73 Å². The molecule has 0 bridgehead atoms. The van der Waals surface area contributed by atoms with Crippen LogP contribution in [0.15, 0.2) is 41.8 Å². The van der Waals surface area contributed by atoms with E-state index in [2.05, 4.69) is 20.3 Å². The highest BCUT2D eigenvalue weighted by Crippen LogP contribution is 2.25. The van der Waals surface area contributed by atoms with Crippen LogP contribution < -0.4 is 11.1 Å². The van der Waals surface area contributed by atoms with Gasteiger partial charge in [-0.1, -0.05) is 0 Å². The predicted octanol–water partition coefficient (Wildman–Crippen LogP) is 3.32. The van der Waals surface area contributed by atoms with Crippen LogP contribution in [0.2, 0.25) is 0 Å². The molecule has 0 fully saturated rings. The van der Waals surface area contributed by atoms with E-state index in [1.165, 1.54) is 23.6 Å². The number of primary amides is 1. The number of nitrogens with one attached hydrogen (secondary N) is 2. The van der Waals surface area contributed by atoms with E-state index in [0.717, 1.165) is 23.5 Å². The van der Waals surface area contributed by atoms with Crippen molar-refractivity contribution in [3.63, 3.8) is 0 Å². The third-order valence-corrected chi connectivity index (χ3v) is 4.79. The molecule has 10 heteroatoms. The zero-order chi connectivity index (χ0) is 19.8. The lowest BCUT2D eigenvalue weighted by Crippen LogP contribution is -2.13. The van der Waals surface area contributed by atoms with E-state index in [-0.39, 0.29) is 11.6 Å². The van der Waals surface area contributed by atoms with Crippen molar-refractivity contribution < 1.29 is 18.4 Å². The second-order valence-corrected chi connectivity index (χ2v) is 6.66. The van der Waals surface area contributed by atoms with Crippen LogP contribution in [0.3, 0.4) is 0 Å². The Labute approximate surface area is 160 Å². The molecule has 0 aliphatic rings. The van der Waals surface area contributed by atoms with Crippen LogP contribution in [0.1, 0.15) is 20.8 Å². The molecule has 2 amide bonds. The number of aromatic amines is 1. The van der Waals surface area contributed by atoms with Gasteiger partial charge < -0.3 is 10.7 Å². The number of rotatable bonds is 4. The quantitative estimate of drug-likeness (QED) is 0.488. The van der Waals surface area contributed by atoms with Gasteiger partial charge in [0.1, 0.15) is 10.7 Å². The maximum absolute atomic E-state index is 13.4. The number of hydrogen-bond acceptors (Lipinski definition) is 5. The van der Waals surface area contributed by atoms with Gasteiger partial charge in [0.2, 0.25) is 11.9 Å². The Morgan fingerprint density at radius 1 is 1.07 bits per heavy atom. The highest BCUT2D eigenvalue weighted by atomic mass is 32.1. The van der Waals surface area contributed by atoms with Crippen molar-refractivity contribution in [3.05, 3.63) is 64.7 Å². The minimum atomic E-state index is -0.990. The summed E-state index contributed by atoms with van der Waals surface area (Å²) in [6, 6.07) is 8.07. The SMILES string of the molecule is NC(=O)c1ccc2nc(NC(=O)c3csc(-c4ccc(F)c(F)c4)n3)[nH]c2c1. The highest BCUT2D eigenvalue weighted by molar-refractivity contribution is 7.13. The lowest BCUT2D eigenvalue weighted by Gasteiger charge is -1.99. The minimum Gasteiger partial charge on any atom is -0.366 e. The van der Waals surface area contributed by atoms with Crippen molar-refractivity contribution in [2.24, 2.45) is 5.73 Å². The second-order valence-electron chi connectivity index (χ2n) is 5.80. The predicted molar refractivity (Wildman–Crippen MR) is 100 cm³/mol. The lowest BCUT2D eigenvalue weighted by atomic mass is 10.2. The van der Waals surface area contributed by atoms with E-state index >= 15 is 0 Å². The van der Waals surface area contributed by atoms with Crippen LogP contribution >= 0.6 is 11.3 Å². The molecule has 4 N–H and O–H groups in total. The number of imidazole rings is 1. The van der Waals surface area contributed by atoms with Gasteiger partial charge in [-0.2, -0.15) is 0 Å². The number of carbonyl (C=O) groups excluding carboxylic acids is 2. The van der Waals surface area contributed by atoms with Crippen LogP contribution in [0, 0.1) is 11.6 Å². The monoisotopic (exact) mass is 399 g/mol. The Bertz CT molecular complexity index is 1230. The minimum absolute atomic E-state index is 0.100. The molecule has 0 spiro atoms. The zero-order valence-corrected chi connectivity index (χ0v) is 14.8. The van der Waals surface area contributed by atoms with Gasteiger partial charge in [0, 0.05) is 16.5 Å². The Balaban J connectivity index is 1.55. The van der Waals surface area contributed by atoms with Crippen molar-refractivity contribution in [2.45, 2.75) is 0 Å². The summed E-state index contributed by atoms with van der Waals surface area (Å²) in [6.07, 6.45) is 0. The fraction of sp³-hybridized carbons (Fsp3) is 0. The van der Waals surface area contributed by atoms with Gasteiger partial charge >= 0.3 is 0 Å². The Hall–Kier alpha value is -3.66. The van der Waals surface area contributed by atoms with E-state index in [1.807, 2.05) is 0 Å². The van der Waals surface area contributed by atoms with Crippen molar-refractivity contribution in [3.8, 4) is 10.6 Å². The number of H-pyrrole nitrogens is 1.